The van der Waals surface area contributed by atoms with Gasteiger partial charge in [0.1, 0.15) is 0 Å². The van der Waals surface area contributed by atoms with Crippen LogP contribution in [0.25, 0.3) is 10.9 Å². The number of aromatic nitrogens is 3. The predicted octanol–water partition coefficient (Wildman–Crippen LogP) is 1.59. The van der Waals surface area contributed by atoms with E-state index >= 15 is 0 Å². The Balaban J connectivity index is 1.38. The maximum Gasteiger partial charge on any atom is 0.224 e. The Morgan fingerprint density at radius 1 is 1.15 bits per heavy atom. The van der Waals surface area contributed by atoms with Crippen LogP contribution in [0, 0.1) is 0 Å². The van der Waals surface area contributed by atoms with Gasteiger partial charge in [-0.05, 0) is 12.1 Å². The lowest BCUT2D eigenvalue weighted by molar-refractivity contribution is -0.131. The van der Waals surface area contributed by atoms with Crippen LogP contribution in [0.3, 0.4) is 0 Å². The third-order valence-electron chi connectivity index (χ3n) is 4.62. The van der Waals surface area contributed by atoms with E-state index in [1.807, 2.05) is 28.5 Å². The predicted molar refractivity (Wildman–Crippen MR) is 102 cm³/mol. The van der Waals surface area contributed by atoms with Crippen LogP contribution in [-0.4, -0.2) is 51.8 Å². The average molecular weight is 369 g/mol. The van der Waals surface area contributed by atoms with Crippen molar-refractivity contribution in [2.24, 2.45) is 0 Å². The van der Waals surface area contributed by atoms with Gasteiger partial charge < -0.3 is 9.80 Å². The zero-order valence-electron chi connectivity index (χ0n) is 14.2. The van der Waals surface area contributed by atoms with Crippen LogP contribution in [0.1, 0.15) is 6.42 Å². The van der Waals surface area contributed by atoms with E-state index in [0.717, 1.165) is 23.7 Å². The van der Waals surface area contributed by atoms with Gasteiger partial charge in [0, 0.05) is 49.6 Å². The molecule has 2 aromatic heterocycles. The highest BCUT2D eigenvalue weighted by molar-refractivity contribution is 7.13. The van der Waals surface area contributed by atoms with Crippen molar-refractivity contribution in [3.05, 3.63) is 52.3 Å². The highest BCUT2D eigenvalue weighted by Gasteiger charge is 2.22. The first-order chi connectivity index (χ1) is 12.7. The number of amides is 1. The maximum absolute atomic E-state index is 12.6. The minimum Gasteiger partial charge on any atom is -0.345 e. The van der Waals surface area contributed by atoms with Gasteiger partial charge in [-0.1, -0.05) is 12.1 Å². The van der Waals surface area contributed by atoms with Crippen molar-refractivity contribution in [3.63, 3.8) is 0 Å². The number of piperazine rings is 1. The third kappa shape index (κ3) is 3.32. The Morgan fingerprint density at radius 3 is 2.73 bits per heavy atom. The lowest BCUT2D eigenvalue weighted by Gasteiger charge is -2.34. The fraction of sp³-hybridized carbons (Fsp3) is 0.333. The first kappa shape index (κ1) is 16.7. The van der Waals surface area contributed by atoms with E-state index in [9.17, 15) is 9.59 Å². The molecule has 1 aliphatic rings. The number of fused-ring (bicyclic) bond motifs is 1. The molecular weight excluding hydrogens is 350 g/mol. The molecule has 0 atom stereocenters. The summed E-state index contributed by atoms with van der Waals surface area (Å²) in [5.41, 5.74) is 0.669. The van der Waals surface area contributed by atoms with Gasteiger partial charge in [-0.3, -0.25) is 14.3 Å². The van der Waals surface area contributed by atoms with Crippen LogP contribution in [0.5, 0.6) is 0 Å². The molecule has 26 heavy (non-hydrogen) atoms. The normalized spacial score (nSPS) is 14.8. The van der Waals surface area contributed by atoms with Crippen LogP contribution in [0.4, 0.5) is 5.13 Å². The van der Waals surface area contributed by atoms with Gasteiger partial charge in [0.25, 0.3) is 0 Å². The number of hydrogen-bond donors (Lipinski definition) is 0. The molecule has 1 aliphatic heterocycles. The zero-order valence-corrected chi connectivity index (χ0v) is 15.1. The van der Waals surface area contributed by atoms with Crippen LogP contribution < -0.4 is 10.3 Å². The summed E-state index contributed by atoms with van der Waals surface area (Å²) in [6.07, 6.45) is 3.50. The number of aryl methyl sites for hydroxylation is 1. The van der Waals surface area contributed by atoms with Gasteiger partial charge >= 0.3 is 0 Å². The third-order valence-corrected chi connectivity index (χ3v) is 5.45. The molecule has 0 unspecified atom stereocenters. The van der Waals surface area contributed by atoms with Crippen molar-refractivity contribution in [2.45, 2.75) is 13.0 Å². The highest BCUT2D eigenvalue weighted by atomic mass is 32.1. The number of hydrogen-bond acceptors (Lipinski definition) is 6. The Kier molecular flexibility index (Phi) is 4.66. The fourth-order valence-corrected chi connectivity index (χ4v) is 3.91. The molecule has 8 heteroatoms. The van der Waals surface area contributed by atoms with Crippen molar-refractivity contribution >= 4 is 33.3 Å². The summed E-state index contributed by atoms with van der Waals surface area (Å²) in [5, 5.41) is 7.80. The van der Waals surface area contributed by atoms with Crippen LogP contribution >= 0.6 is 11.3 Å². The van der Waals surface area contributed by atoms with E-state index in [2.05, 4.69) is 15.0 Å². The van der Waals surface area contributed by atoms with E-state index in [0.29, 0.717) is 31.4 Å². The second-order valence-corrected chi connectivity index (χ2v) is 7.05. The summed E-state index contributed by atoms with van der Waals surface area (Å²) in [4.78, 5) is 32.9. The fourth-order valence-electron chi connectivity index (χ4n) is 3.22. The lowest BCUT2D eigenvalue weighted by atomic mass is 10.2. The molecule has 0 bridgehead atoms. The molecule has 0 saturated carbocycles. The number of anilines is 1. The Bertz CT molecular complexity index is 961. The van der Waals surface area contributed by atoms with Gasteiger partial charge in [0.2, 0.25) is 11.3 Å². The highest BCUT2D eigenvalue weighted by Crippen LogP contribution is 2.19. The second kappa shape index (κ2) is 7.25. The van der Waals surface area contributed by atoms with E-state index in [-0.39, 0.29) is 11.3 Å². The quantitative estimate of drug-likeness (QED) is 0.698. The number of nitrogens with zero attached hydrogens (tertiary/aromatic N) is 5. The number of rotatable bonds is 4. The summed E-state index contributed by atoms with van der Waals surface area (Å²) in [6, 6.07) is 7.36. The smallest absolute Gasteiger partial charge is 0.224 e. The molecule has 0 N–H and O–H groups in total. The summed E-state index contributed by atoms with van der Waals surface area (Å²) in [7, 11) is 0. The van der Waals surface area contributed by atoms with Crippen molar-refractivity contribution < 1.29 is 4.79 Å². The standard InChI is InChI=1S/C18H19N5O2S/c24-16-13-20-23(15-4-2-1-3-14(15)16)7-5-17(25)21-8-10-22(11-9-21)18-19-6-12-26-18/h1-4,6,12-13H,5,7-11H2. The van der Waals surface area contributed by atoms with Crippen LogP contribution in [0.15, 0.2) is 46.8 Å². The van der Waals surface area contributed by atoms with E-state index in [4.69, 9.17) is 0 Å². The molecule has 7 nitrogen and oxygen atoms in total. The number of benzene rings is 1. The van der Waals surface area contributed by atoms with Crippen molar-refractivity contribution in [2.75, 3.05) is 31.1 Å². The van der Waals surface area contributed by atoms with Gasteiger partial charge in [-0.2, -0.15) is 5.10 Å². The van der Waals surface area contributed by atoms with Crippen LogP contribution in [0.2, 0.25) is 0 Å². The van der Waals surface area contributed by atoms with Crippen molar-refractivity contribution in [1.29, 1.82) is 0 Å². The molecule has 1 aromatic carbocycles. The monoisotopic (exact) mass is 369 g/mol. The number of thiazole rings is 1. The topological polar surface area (TPSA) is 71.3 Å². The largest absolute Gasteiger partial charge is 0.345 e. The molecule has 0 aliphatic carbocycles. The molecule has 1 fully saturated rings. The molecule has 4 rings (SSSR count). The van der Waals surface area contributed by atoms with Crippen molar-refractivity contribution in [1.82, 2.24) is 19.7 Å². The van der Waals surface area contributed by atoms with Gasteiger partial charge in [-0.25, -0.2) is 4.98 Å². The molecule has 1 amide bonds. The first-order valence-corrected chi connectivity index (χ1v) is 9.47. The van der Waals surface area contributed by atoms with Gasteiger partial charge in [0.15, 0.2) is 5.13 Å². The lowest BCUT2D eigenvalue weighted by Crippen LogP contribution is -2.49. The molecule has 1 saturated heterocycles. The molecule has 3 aromatic rings. The molecule has 0 spiro atoms. The second-order valence-electron chi connectivity index (χ2n) is 6.18. The van der Waals surface area contributed by atoms with E-state index < -0.39 is 0 Å². The maximum atomic E-state index is 12.6. The average Bonchev–Trinajstić information content (AvgIpc) is 3.22. The number of carbonyl (C=O) groups excluding carboxylic acids is 1. The zero-order chi connectivity index (χ0) is 17.9. The number of carbonyl (C=O) groups is 1. The van der Waals surface area contributed by atoms with Crippen LogP contribution in [-0.2, 0) is 11.3 Å². The van der Waals surface area contributed by atoms with E-state index in [1.165, 1.54) is 6.20 Å². The molecule has 134 valence electrons. The summed E-state index contributed by atoms with van der Waals surface area (Å²) < 4.78 is 1.74. The Labute approximate surface area is 154 Å². The molecule has 0 radical (unpaired) electrons. The number of para-hydroxylation sites is 1. The molecule has 3 heterocycles. The Hall–Kier alpha value is -2.74. The van der Waals surface area contributed by atoms with Gasteiger partial charge in [-0.15, -0.1) is 11.3 Å². The van der Waals surface area contributed by atoms with Crippen molar-refractivity contribution in [3.8, 4) is 0 Å². The molecular formula is C18H19N5O2S. The summed E-state index contributed by atoms with van der Waals surface area (Å²) in [6.45, 7) is 3.48. The summed E-state index contributed by atoms with van der Waals surface area (Å²) >= 11 is 1.62. The van der Waals surface area contributed by atoms with E-state index in [1.54, 1.807) is 28.3 Å². The minimum absolute atomic E-state index is 0.0958. The van der Waals surface area contributed by atoms with Gasteiger partial charge in [0.05, 0.1) is 18.3 Å². The SMILES string of the molecule is O=C(CCn1ncc(=O)c2ccccc21)N1CCN(c2nccs2)CC1. The Morgan fingerprint density at radius 2 is 1.96 bits per heavy atom. The summed E-state index contributed by atoms with van der Waals surface area (Å²) in [5.74, 6) is 0.119. The first-order valence-electron chi connectivity index (χ1n) is 8.59. The minimum atomic E-state index is -0.0958.